The van der Waals surface area contributed by atoms with Gasteiger partial charge in [-0.15, -0.1) is 0 Å². The van der Waals surface area contributed by atoms with Crippen LogP contribution in [0.4, 0.5) is 11.6 Å². The molecule has 3 aliphatic rings. The Morgan fingerprint density at radius 2 is 2.00 bits per heavy atom. The zero-order valence-corrected chi connectivity index (χ0v) is 21.2. The third-order valence-electron chi connectivity index (χ3n) is 7.79. The molecule has 3 fully saturated rings. The quantitative estimate of drug-likeness (QED) is 0.519. The lowest BCUT2D eigenvalue weighted by atomic mass is 9.70. The van der Waals surface area contributed by atoms with E-state index in [9.17, 15) is 10.2 Å². The Balaban J connectivity index is 1.27. The fourth-order valence-corrected chi connectivity index (χ4v) is 6.06. The Morgan fingerprint density at radius 3 is 2.65 bits per heavy atom. The summed E-state index contributed by atoms with van der Waals surface area (Å²) < 4.78 is 5.95. The van der Waals surface area contributed by atoms with E-state index in [2.05, 4.69) is 34.0 Å². The minimum atomic E-state index is -0.638. The molecule has 4 heterocycles. The van der Waals surface area contributed by atoms with E-state index in [0.29, 0.717) is 40.1 Å². The normalized spacial score (nSPS) is 25.0. The number of pyridine rings is 1. The zero-order chi connectivity index (χ0) is 23.9. The second-order valence-electron chi connectivity index (χ2n) is 9.94. The fourth-order valence-electron chi connectivity index (χ4n) is 4.97. The third-order valence-corrected chi connectivity index (χ3v) is 9.25. The Morgan fingerprint density at radius 1 is 1.24 bits per heavy atom. The molecule has 5 rings (SSSR count). The van der Waals surface area contributed by atoms with E-state index < -0.39 is 5.60 Å². The van der Waals surface area contributed by atoms with Gasteiger partial charge in [0, 0.05) is 36.1 Å². The van der Waals surface area contributed by atoms with Crippen molar-refractivity contribution in [2.24, 2.45) is 11.3 Å². The number of rotatable bonds is 7. The van der Waals surface area contributed by atoms with E-state index >= 15 is 0 Å². The first-order chi connectivity index (χ1) is 16.3. The van der Waals surface area contributed by atoms with Crippen LogP contribution in [0.5, 0.6) is 0 Å². The molecule has 8 nitrogen and oxygen atoms in total. The van der Waals surface area contributed by atoms with Gasteiger partial charge in [-0.3, -0.25) is 0 Å². The van der Waals surface area contributed by atoms with Crippen LogP contribution < -0.4 is 10.2 Å². The van der Waals surface area contributed by atoms with Gasteiger partial charge in [0.1, 0.15) is 16.5 Å². The standard InChI is InChI=1S/C24H32ClN5O3S/c1-15-16(2)33-14-23(15)6-9-30(10-7-23)22-17(12-31)29-19(11-27-22)34-18-3-8-26-21(20(18)25)28-13-24(32)4-5-24/h3,8,11,15-16,31-32H,4-7,9-10,12-14H2,1-2H3,(H,26,28)/t15-,16+/m1/s1. The Kier molecular flexibility index (Phi) is 6.67. The van der Waals surface area contributed by atoms with Crippen LogP contribution in [-0.2, 0) is 11.3 Å². The van der Waals surface area contributed by atoms with Crippen LogP contribution in [0.25, 0.3) is 0 Å². The minimum absolute atomic E-state index is 0.176. The molecule has 0 radical (unpaired) electrons. The first-order valence-corrected chi connectivity index (χ1v) is 13.1. The highest BCUT2D eigenvalue weighted by molar-refractivity contribution is 7.99. The summed E-state index contributed by atoms with van der Waals surface area (Å²) in [7, 11) is 0. The van der Waals surface area contributed by atoms with Gasteiger partial charge in [-0.1, -0.05) is 30.3 Å². The van der Waals surface area contributed by atoms with Crippen molar-refractivity contribution >= 4 is 35.0 Å². The van der Waals surface area contributed by atoms with Crippen LogP contribution in [0.15, 0.2) is 28.4 Å². The molecule has 34 heavy (non-hydrogen) atoms. The highest BCUT2D eigenvalue weighted by Gasteiger charge is 2.47. The van der Waals surface area contributed by atoms with Gasteiger partial charge < -0.3 is 25.2 Å². The Hall–Kier alpha value is -1.65. The van der Waals surface area contributed by atoms with Gasteiger partial charge in [-0.05, 0) is 44.6 Å². The minimum Gasteiger partial charge on any atom is -0.390 e. The Labute approximate surface area is 209 Å². The summed E-state index contributed by atoms with van der Waals surface area (Å²) in [6.07, 6.45) is 7.43. The SMILES string of the molecule is C[C@@H]1OCC2(CCN(c3ncc(Sc4ccnc(NCC5(O)CC5)c4Cl)nc3CO)CC2)[C@@H]1C. The molecule has 184 valence electrons. The molecular formula is C24H32ClN5O3S. The Bertz CT molecular complexity index is 1050. The fraction of sp³-hybridized carbons (Fsp3) is 0.625. The maximum Gasteiger partial charge on any atom is 0.152 e. The number of ether oxygens (including phenoxy) is 1. The van der Waals surface area contributed by atoms with Crippen LogP contribution in [0, 0.1) is 11.3 Å². The molecule has 2 aromatic rings. The van der Waals surface area contributed by atoms with E-state index in [4.69, 9.17) is 21.3 Å². The van der Waals surface area contributed by atoms with Gasteiger partial charge in [-0.25, -0.2) is 15.0 Å². The summed E-state index contributed by atoms with van der Waals surface area (Å²) >= 11 is 7.96. The average molecular weight is 506 g/mol. The zero-order valence-electron chi connectivity index (χ0n) is 19.6. The van der Waals surface area contributed by atoms with Gasteiger partial charge in [0.25, 0.3) is 0 Å². The molecule has 0 bridgehead atoms. The summed E-state index contributed by atoms with van der Waals surface area (Å²) in [5.41, 5.74) is 0.183. The van der Waals surface area contributed by atoms with Crippen molar-refractivity contribution in [3.63, 3.8) is 0 Å². The van der Waals surface area contributed by atoms with Crippen molar-refractivity contribution in [2.75, 3.05) is 36.5 Å². The first kappa shape index (κ1) is 24.1. The molecule has 2 atom stereocenters. The van der Waals surface area contributed by atoms with E-state index in [0.717, 1.165) is 56.1 Å². The third kappa shape index (κ3) is 4.73. The van der Waals surface area contributed by atoms with E-state index in [1.54, 1.807) is 12.4 Å². The molecule has 2 aromatic heterocycles. The molecule has 1 aliphatic carbocycles. The molecule has 0 unspecified atom stereocenters. The summed E-state index contributed by atoms with van der Waals surface area (Å²) in [5, 5.41) is 24.4. The summed E-state index contributed by atoms with van der Waals surface area (Å²) in [6.45, 7) is 7.32. The van der Waals surface area contributed by atoms with E-state index in [1.807, 2.05) is 6.07 Å². The van der Waals surface area contributed by atoms with Crippen LogP contribution in [0.2, 0.25) is 5.02 Å². The van der Waals surface area contributed by atoms with Crippen LogP contribution >= 0.6 is 23.4 Å². The van der Waals surface area contributed by atoms with E-state index in [-0.39, 0.29) is 12.0 Å². The number of piperidine rings is 1. The van der Waals surface area contributed by atoms with Gasteiger partial charge in [0.15, 0.2) is 5.82 Å². The summed E-state index contributed by atoms with van der Waals surface area (Å²) in [5.74, 6) is 1.84. The monoisotopic (exact) mass is 505 g/mol. The predicted molar refractivity (Wildman–Crippen MR) is 132 cm³/mol. The maximum atomic E-state index is 10.1. The summed E-state index contributed by atoms with van der Waals surface area (Å²) in [6, 6.07) is 1.83. The molecule has 1 saturated carbocycles. The number of hydrogen-bond acceptors (Lipinski definition) is 9. The van der Waals surface area contributed by atoms with Crippen molar-refractivity contribution < 1.29 is 14.9 Å². The molecule has 3 N–H and O–H groups in total. The number of aromatic nitrogens is 3. The van der Waals surface area contributed by atoms with Gasteiger partial charge in [-0.2, -0.15) is 0 Å². The second-order valence-corrected chi connectivity index (χ2v) is 11.4. The topological polar surface area (TPSA) is 104 Å². The van der Waals surface area contributed by atoms with Crippen molar-refractivity contribution in [1.82, 2.24) is 15.0 Å². The maximum absolute atomic E-state index is 10.1. The second kappa shape index (κ2) is 9.43. The van der Waals surface area contributed by atoms with Crippen molar-refractivity contribution in [1.29, 1.82) is 0 Å². The van der Waals surface area contributed by atoms with Gasteiger partial charge in [0.2, 0.25) is 0 Å². The lowest BCUT2D eigenvalue weighted by Gasteiger charge is -2.42. The number of aliphatic hydroxyl groups is 2. The molecule has 10 heteroatoms. The lowest BCUT2D eigenvalue weighted by Crippen LogP contribution is -2.44. The molecule has 0 aromatic carbocycles. The predicted octanol–water partition coefficient (Wildman–Crippen LogP) is 3.75. The largest absolute Gasteiger partial charge is 0.390 e. The highest BCUT2D eigenvalue weighted by Crippen LogP contribution is 2.47. The number of anilines is 2. The van der Waals surface area contributed by atoms with E-state index in [1.165, 1.54) is 11.8 Å². The summed E-state index contributed by atoms with van der Waals surface area (Å²) in [4.78, 5) is 16.7. The van der Waals surface area contributed by atoms with Crippen molar-refractivity contribution in [3.8, 4) is 0 Å². The number of aliphatic hydroxyl groups excluding tert-OH is 1. The molecule has 2 saturated heterocycles. The van der Waals surface area contributed by atoms with Crippen molar-refractivity contribution in [3.05, 3.63) is 29.2 Å². The van der Waals surface area contributed by atoms with Crippen molar-refractivity contribution in [2.45, 2.75) is 67.8 Å². The first-order valence-electron chi connectivity index (χ1n) is 11.9. The molecule has 1 spiro atoms. The van der Waals surface area contributed by atoms with Crippen LogP contribution in [0.1, 0.15) is 45.2 Å². The lowest BCUT2D eigenvalue weighted by molar-refractivity contribution is 0.0969. The number of halogens is 1. The molecule has 0 amide bonds. The number of nitrogens with zero attached hydrogens (tertiary/aromatic N) is 4. The number of hydrogen-bond donors (Lipinski definition) is 3. The van der Waals surface area contributed by atoms with Gasteiger partial charge >= 0.3 is 0 Å². The van der Waals surface area contributed by atoms with Crippen LogP contribution in [0.3, 0.4) is 0 Å². The number of nitrogens with one attached hydrogen (secondary N) is 1. The molecule has 2 aliphatic heterocycles. The van der Waals surface area contributed by atoms with Crippen LogP contribution in [-0.4, -0.2) is 63.1 Å². The molecular weight excluding hydrogens is 474 g/mol. The highest BCUT2D eigenvalue weighted by atomic mass is 35.5. The smallest absolute Gasteiger partial charge is 0.152 e. The van der Waals surface area contributed by atoms with Gasteiger partial charge in [0.05, 0.1) is 36.1 Å². The average Bonchev–Trinajstić information content (AvgIpc) is 3.53.